The number of nitrogens with zero attached hydrogens (tertiary/aromatic N) is 2. The minimum atomic E-state index is -1.10. The lowest BCUT2D eigenvalue weighted by Crippen LogP contribution is -2.18. The zero-order valence-corrected chi connectivity index (χ0v) is 11.4. The summed E-state index contributed by atoms with van der Waals surface area (Å²) in [6.07, 6.45) is 0. The Morgan fingerprint density at radius 3 is 2.57 bits per heavy atom. The first-order chi connectivity index (χ1) is 10.1. The standard InChI is InChI=1S/C16H13FN2O2/c1-2-19(15-6-4-3-5-13(15)17)14-8-7-11(16(20)21)9-12(14)10-18/h3-9H,2H2,1H3,(H,20,21). The van der Waals surface area contributed by atoms with Crippen molar-refractivity contribution in [3.8, 4) is 6.07 Å². The van der Waals surface area contributed by atoms with E-state index in [1.54, 1.807) is 23.1 Å². The monoisotopic (exact) mass is 284 g/mol. The molecular weight excluding hydrogens is 271 g/mol. The molecule has 1 N–H and O–H groups in total. The van der Waals surface area contributed by atoms with Gasteiger partial charge in [0.1, 0.15) is 11.9 Å². The van der Waals surface area contributed by atoms with E-state index in [-0.39, 0.29) is 11.1 Å². The topological polar surface area (TPSA) is 64.3 Å². The lowest BCUT2D eigenvalue weighted by atomic mass is 10.1. The third-order valence-electron chi connectivity index (χ3n) is 3.11. The number of carboxylic acids is 1. The van der Waals surface area contributed by atoms with Gasteiger partial charge < -0.3 is 10.0 Å². The Hall–Kier alpha value is -2.87. The number of aromatic carboxylic acids is 1. The molecule has 0 aliphatic rings. The predicted molar refractivity (Wildman–Crippen MR) is 77.2 cm³/mol. The highest BCUT2D eigenvalue weighted by molar-refractivity contribution is 5.89. The van der Waals surface area contributed by atoms with Crippen LogP contribution in [0, 0.1) is 17.1 Å². The van der Waals surface area contributed by atoms with Crippen molar-refractivity contribution in [1.29, 1.82) is 5.26 Å². The third-order valence-corrected chi connectivity index (χ3v) is 3.11. The number of carbonyl (C=O) groups is 1. The van der Waals surface area contributed by atoms with Crippen molar-refractivity contribution in [2.75, 3.05) is 11.4 Å². The van der Waals surface area contributed by atoms with E-state index in [4.69, 9.17) is 5.11 Å². The van der Waals surface area contributed by atoms with E-state index in [0.29, 0.717) is 17.9 Å². The van der Waals surface area contributed by atoms with Crippen LogP contribution in [0.5, 0.6) is 0 Å². The fraction of sp³-hybridized carbons (Fsp3) is 0.125. The van der Waals surface area contributed by atoms with Crippen LogP contribution < -0.4 is 4.90 Å². The van der Waals surface area contributed by atoms with Crippen LogP contribution in [0.15, 0.2) is 42.5 Å². The normalized spacial score (nSPS) is 9.95. The predicted octanol–water partition coefficient (Wildman–Crippen LogP) is 3.55. The van der Waals surface area contributed by atoms with Crippen molar-refractivity contribution in [1.82, 2.24) is 0 Å². The Balaban J connectivity index is 2.56. The molecule has 2 rings (SSSR count). The average Bonchev–Trinajstić information content (AvgIpc) is 2.49. The molecule has 0 heterocycles. The van der Waals surface area contributed by atoms with Gasteiger partial charge in [-0.3, -0.25) is 0 Å². The van der Waals surface area contributed by atoms with Gasteiger partial charge in [0, 0.05) is 6.54 Å². The Labute approximate surface area is 121 Å². The molecule has 4 nitrogen and oxygen atoms in total. The second-order valence-electron chi connectivity index (χ2n) is 4.34. The fourth-order valence-electron chi connectivity index (χ4n) is 2.14. The van der Waals surface area contributed by atoms with E-state index in [2.05, 4.69) is 0 Å². The van der Waals surface area contributed by atoms with Crippen LogP contribution in [0.25, 0.3) is 0 Å². The summed E-state index contributed by atoms with van der Waals surface area (Å²) in [7, 11) is 0. The second-order valence-corrected chi connectivity index (χ2v) is 4.34. The smallest absolute Gasteiger partial charge is 0.335 e. The van der Waals surface area contributed by atoms with Gasteiger partial charge in [0.15, 0.2) is 0 Å². The highest BCUT2D eigenvalue weighted by Crippen LogP contribution is 2.30. The largest absolute Gasteiger partial charge is 0.478 e. The van der Waals surface area contributed by atoms with Gasteiger partial charge in [-0.05, 0) is 37.3 Å². The van der Waals surface area contributed by atoms with Crippen LogP contribution >= 0.6 is 0 Å². The van der Waals surface area contributed by atoms with Gasteiger partial charge in [-0.25, -0.2) is 9.18 Å². The summed E-state index contributed by atoms with van der Waals surface area (Å²) in [5.74, 6) is -1.50. The van der Waals surface area contributed by atoms with Crippen LogP contribution in [0.1, 0.15) is 22.8 Å². The summed E-state index contributed by atoms with van der Waals surface area (Å²) in [6.45, 7) is 2.28. The SMILES string of the molecule is CCN(c1ccccc1F)c1ccc(C(=O)O)cc1C#N. The highest BCUT2D eigenvalue weighted by atomic mass is 19.1. The van der Waals surface area contributed by atoms with Gasteiger partial charge in [-0.15, -0.1) is 0 Å². The van der Waals surface area contributed by atoms with Gasteiger partial charge >= 0.3 is 5.97 Å². The minimum absolute atomic E-state index is 0.0277. The number of benzene rings is 2. The molecule has 0 fully saturated rings. The van der Waals surface area contributed by atoms with E-state index in [1.165, 1.54) is 24.3 Å². The van der Waals surface area contributed by atoms with Gasteiger partial charge in [-0.2, -0.15) is 5.26 Å². The van der Waals surface area contributed by atoms with Crippen LogP contribution in [0.3, 0.4) is 0 Å². The molecule has 21 heavy (non-hydrogen) atoms. The van der Waals surface area contributed by atoms with Crippen molar-refractivity contribution in [3.05, 3.63) is 59.4 Å². The van der Waals surface area contributed by atoms with Gasteiger partial charge in [-0.1, -0.05) is 12.1 Å². The Morgan fingerprint density at radius 1 is 1.29 bits per heavy atom. The number of hydrogen-bond acceptors (Lipinski definition) is 3. The molecule has 0 bridgehead atoms. The van der Waals surface area contributed by atoms with Crippen LogP contribution in [-0.2, 0) is 0 Å². The van der Waals surface area contributed by atoms with Crippen molar-refractivity contribution >= 4 is 17.3 Å². The van der Waals surface area contributed by atoms with E-state index in [1.807, 2.05) is 13.0 Å². The number of anilines is 2. The van der Waals surface area contributed by atoms with Crippen molar-refractivity contribution < 1.29 is 14.3 Å². The molecule has 0 saturated heterocycles. The fourth-order valence-corrected chi connectivity index (χ4v) is 2.14. The maximum absolute atomic E-state index is 13.9. The zero-order valence-electron chi connectivity index (χ0n) is 11.4. The highest BCUT2D eigenvalue weighted by Gasteiger charge is 2.16. The van der Waals surface area contributed by atoms with E-state index < -0.39 is 11.8 Å². The maximum Gasteiger partial charge on any atom is 0.335 e. The number of hydrogen-bond donors (Lipinski definition) is 1. The molecule has 0 amide bonds. The van der Waals surface area contributed by atoms with Crippen LogP contribution in [0.4, 0.5) is 15.8 Å². The number of rotatable bonds is 4. The number of halogens is 1. The molecule has 0 spiro atoms. The molecule has 0 atom stereocenters. The van der Waals surface area contributed by atoms with Crippen LogP contribution in [-0.4, -0.2) is 17.6 Å². The quantitative estimate of drug-likeness (QED) is 0.932. The lowest BCUT2D eigenvalue weighted by molar-refractivity contribution is 0.0697. The first-order valence-electron chi connectivity index (χ1n) is 6.38. The molecule has 0 radical (unpaired) electrons. The molecule has 0 aliphatic carbocycles. The number of nitriles is 1. The summed E-state index contributed by atoms with van der Waals surface area (Å²) in [4.78, 5) is 12.6. The Kier molecular flexibility index (Phi) is 4.19. The van der Waals surface area contributed by atoms with E-state index in [0.717, 1.165) is 0 Å². The van der Waals surface area contributed by atoms with Crippen molar-refractivity contribution in [2.45, 2.75) is 6.92 Å². The van der Waals surface area contributed by atoms with Gasteiger partial charge in [0.2, 0.25) is 0 Å². The number of para-hydroxylation sites is 1. The number of carboxylic acid groups (broad SMARTS) is 1. The third kappa shape index (κ3) is 2.84. The summed E-state index contributed by atoms with van der Waals surface area (Å²) < 4.78 is 13.9. The molecule has 0 aromatic heterocycles. The second kappa shape index (κ2) is 6.06. The summed E-state index contributed by atoms with van der Waals surface area (Å²) in [5, 5.41) is 18.2. The van der Waals surface area contributed by atoms with Gasteiger partial charge in [0.25, 0.3) is 0 Å². The van der Waals surface area contributed by atoms with E-state index >= 15 is 0 Å². The molecule has 2 aromatic rings. The summed E-state index contributed by atoms with van der Waals surface area (Å²) >= 11 is 0. The molecule has 0 saturated carbocycles. The molecule has 5 heteroatoms. The Morgan fingerprint density at radius 2 is 2.00 bits per heavy atom. The first kappa shape index (κ1) is 14.5. The molecule has 0 aliphatic heterocycles. The summed E-state index contributed by atoms with van der Waals surface area (Å²) in [5.41, 5.74) is 1.05. The van der Waals surface area contributed by atoms with Crippen molar-refractivity contribution in [3.63, 3.8) is 0 Å². The minimum Gasteiger partial charge on any atom is -0.478 e. The molecule has 0 unspecified atom stereocenters. The maximum atomic E-state index is 13.9. The molecular formula is C16H13FN2O2. The van der Waals surface area contributed by atoms with Crippen molar-refractivity contribution in [2.24, 2.45) is 0 Å². The molecule has 106 valence electrons. The lowest BCUT2D eigenvalue weighted by Gasteiger charge is -2.24. The first-order valence-corrected chi connectivity index (χ1v) is 6.38. The summed E-state index contributed by atoms with van der Waals surface area (Å²) in [6, 6.07) is 12.4. The average molecular weight is 284 g/mol. The van der Waals surface area contributed by atoms with E-state index in [9.17, 15) is 14.4 Å². The Bertz CT molecular complexity index is 722. The van der Waals surface area contributed by atoms with Gasteiger partial charge in [0.05, 0.1) is 22.5 Å². The van der Waals surface area contributed by atoms with Crippen LogP contribution in [0.2, 0.25) is 0 Å². The molecule has 2 aromatic carbocycles. The zero-order chi connectivity index (χ0) is 15.4.